The predicted molar refractivity (Wildman–Crippen MR) is 62.6 cm³/mol. The van der Waals surface area contributed by atoms with Gasteiger partial charge in [0.15, 0.2) is 0 Å². The molecule has 0 aromatic carbocycles. The van der Waals surface area contributed by atoms with Crippen LogP contribution in [0, 0.1) is 17.3 Å². The molecular formula is C12H18N2O4. The van der Waals surface area contributed by atoms with Crippen molar-refractivity contribution in [2.45, 2.75) is 20.3 Å². The van der Waals surface area contributed by atoms with Crippen LogP contribution in [-0.2, 0) is 14.4 Å². The summed E-state index contributed by atoms with van der Waals surface area (Å²) in [4.78, 5) is 36.2. The van der Waals surface area contributed by atoms with Gasteiger partial charge in [-0.05, 0) is 11.8 Å². The third-order valence-corrected chi connectivity index (χ3v) is 3.93. The van der Waals surface area contributed by atoms with Crippen molar-refractivity contribution in [2.75, 3.05) is 19.6 Å². The summed E-state index contributed by atoms with van der Waals surface area (Å²) < 4.78 is 0. The van der Waals surface area contributed by atoms with Gasteiger partial charge >= 0.3 is 5.97 Å². The van der Waals surface area contributed by atoms with E-state index < -0.39 is 23.2 Å². The second-order valence-corrected chi connectivity index (χ2v) is 5.58. The van der Waals surface area contributed by atoms with Crippen molar-refractivity contribution in [1.29, 1.82) is 0 Å². The summed E-state index contributed by atoms with van der Waals surface area (Å²) in [5.74, 6) is -2.44. The molecule has 2 amide bonds. The van der Waals surface area contributed by atoms with Crippen LogP contribution in [0.5, 0.6) is 0 Å². The molecule has 2 rings (SSSR count). The molecular weight excluding hydrogens is 236 g/mol. The van der Waals surface area contributed by atoms with Crippen LogP contribution >= 0.6 is 0 Å². The van der Waals surface area contributed by atoms with Crippen LogP contribution in [0.1, 0.15) is 20.3 Å². The fourth-order valence-electron chi connectivity index (χ4n) is 2.75. The molecule has 6 nitrogen and oxygen atoms in total. The molecule has 1 saturated heterocycles. The number of hydrogen-bond donors (Lipinski definition) is 2. The minimum Gasteiger partial charge on any atom is -0.481 e. The molecule has 2 aliphatic rings. The van der Waals surface area contributed by atoms with E-state index in [4.69, 9.17) is 5.11 Å². The van der Waals surface area contributed by atoms with Gasteiger partial charge in [-0.2, -0.15) is 0 Å². The zero-order valence-corrected chi connectivity index (χ0v) is 10.6. The van der Waals surface area contributed by atoms with E-state index in [9.17, 15) is 14.4 Å². The smallest absolute Gasteiger partial charge is 0.307 e. The molecule has 1 heterocycles. The Bertz CT molecular complexity index is 405. The van der Waals surface area contributed by atoms with Crippen molar-refractivity contribution in [3.63, 3.8) is 0 Å². The zero-order chi connectivity index (χ0) is 13.5. The van der Waals surface area contributed by atoms with Crippen LogP contribution in [0.15, 0.2) is 0 Å². The van der Waals surface area contributed by atoms with Crippen LogP contribution in [0.4, 0.5) is 0 Å². The van der Waals surface area contributed by atoms with Crippen LogP contribution in [0.3, 0.4) is 0 Å². The average molecular weight is 254 g/mol. The van der Waals surface area contributed by atoms with Gasteiger partial charge in [0.1, 0.15) is 0 Å². The molecule has 2 fully saturated rings. The molecule has 100 valence electrons. The Morgan fingerprint density at radius 1 is 1.39 bits per heavy atom. The fraction of sp³-hybridized carbons (Fsp3) is 0.750. The number of carboxylic acid groups (broad SMARTS) is 1. The maximum Gasteiger partial charge on any atom is 0.307 e. The summed E-state index contributed by atoms with van der Waals surface area (Å²) >= 11 is 0. The summed E-state index contributed by atoms with van der Waals surface area (Å²) in [7, 11) is 0. The highest BCUT2D eigenvalue weighted by Gasteiger charge is 2.66. The monoisotopic (exact) mass is 254 g/mol. The summed E-state index contributed by atoms with van der Waals surface area (Å²) in [5, 5.41) is 11.8. The highest BCUT2D eigenvalue weighted by atomic mass is 16.4. The van der Waals surface area contributed by atoms with Gasteiger partial charge in [-0.15, -0.1) is 0 Å². The lowest BCUT2D eigenvalue weighted by Crippen LogP contribution is -2.39. The number of nitrogens with zero attached hydrogens (tertiary/aromatic N) is 1. The number of aliphatic carboxylic acids is 1. The molecule has 1 aliphatic heterocycles. The van der Waals surface area contributed by atoms with Gasteiger partial charge < -0.3 is 15.3 Å². The molecule has 2 N–H and O–H groups in total. The van der Waals surface area contributed by atoms with E-state index in [1.165, 1.54) is 4.90 Å². The van der Waals surface area contributed by atoms with E-state index in [0.29, 0.717) is 19.5 Å². The molecule has 2 atom stereocenters. The topological polar surface area (TPSA) is 86.7 Å². The lowest BCUT2D eigenvalue weighted by atomic mass is 10.1. The Hall–Kier alpha value is -1.59. The molecule has 0 bridgehead atoms. The Morgan fingerprint density at radius 2 is 2.06 bits per heavy atom. The second-order valence-electron chi connectivity index (χ2n) is 5.58. The first kappa shape index (κ1) is 12.9. The summed E-state index contributed by atoms with van der Waals surface area (Å²) in [5.41, 5.74) is -0.508. The SMILES string of the molecule is CC1(C)C(C(=O)O)C1C(=O)N1CCCNC(=O)C1. The third kappa shape index (κ3) is 2.07. The van der Waals surface area contributed by atoms with E-state index in [1.54, 1.807) is 13.8 Å². The van der Waals surface area contributed by atoms with E-state index in [2.05, 4.69) is 5.32 Å². The lowest BCUT2D eigenvalue weighted by Gasteiger charge is -2.19. The first-order chi connectivity index (χ1) is 8.35. The van der Waals surface area contributed by atoms with Crippen molar-refractivity contribution in [1.82, 2.24) is 10.2 Å². The number of hydrogen-bond acceptors (Lipinski definition) is 3. The predicted octanol–water partition coefficient (Wildman–Crippen LogP) is -0.308. The van der Waals surface area contributed by atoms with E-state index in [-0.39, 0.29) is 18.4 Å². The van der Waals surface area contributed by atoms with E-state index in [0.717, 1.165) is 0 Å². The Balaban J connectivity index is 2.08. The van der Waals surface area contributed by atoms with Crippen molar-refractivity contribution in [2.24, 2.45) is 17.3 Å². The number of carbonyl (C=O) groups excluding carboxylic acids is 2. The number of carboxylic acids is 1. The van der Waals surface area contributed by atoms with Gasteiger partial charge in [0.2, 0.25) is 11.8 Å². The van der Waals surface area contributed by atoms with Gasteiger partial charge in [-0.1, -0.05) is 13.8 Å². The molecule has 0 spiro atoms. The largest absolute Gasteiger partial charge is 0.481 e. The first-order valence-corrected chi connectivity index (χ1v) is 6.14. The van der Waals surface area contributed by atoms with Crippen LogP contribution in [0.25, 0.3) is 0 Å². The van der Waals surface area contributed by atoms with Crippen molar-refractivity contribution < 1.29 is 19.5 Å². The number of carbonyl (C=O) groups is 3. The quantitative estimate of drug-likeness (QED) is 0.708. The van der Waals surface area contributed by atoms with Crippen molar-refractivity contribution in [3.05, 3.63) is 0 Å². The molecule has 6 heteroatoms. The van der Waals surface area contributed by atoms with Gasteiger partial charge in [0, 0.05) is 13.1 Å². The summed E-state index contributed by atoms with van der Waals surface area (Å²) in [6, 6.07) is 0. The molecule has 2 unspecified atom stereocenters. The van der Waals surface area contributed by atoms with Crippen LogP contribution < -0.4 is 5.32 Å². The molecule has 1 aliphatic carbocycles. The van der Waals surface area contributed by atoms with E-state index in [1.807, 2.05) is 0 Å². The Morgan fingerprint density at radius 3 is 2.61 bits per heavy atom. The Kier molecular flexibility index (Phi) is 3.04. The third-order valence-electron chi connectivity index (χ3n) is 3.93. The minimum atomic E-state index is -0.933. The van der Waals surface area contributed by atoms with Gasteiger partial charge in [0.05, 0.1) is 18.4 Å². The number of rotatable bonds is 2. The normalized spacial score (nSPS) is 30.3. The van der Waals surface area contributed by atoms with Crippen molar-refractivity contribution in [3.8, 4) is 0 Å². The Labute approximate surface area is 105 Å². The average Bonchev–Trinajstić information content (AvgIpc) is 2.90. The summed E-state index contributed by atoms with van der Waals surface area (Å²) in [6.45, 7) is 4.69. The summed E-state index contributed by atoms with van der Waals surface area (Å²) in [6.07, 6.45) is 0.711. The van der Waals surface area contributed by atoms with Crippen LogP contribution in [0.2, 0.25) is 0 Å². The number of nitrogens with one attached hydrogen (secondary N) is 1. The van der Waals surface area contributed by atoms with Gasteiger partial charge in [-0.25, -0.2) is 0 Å². The second kappa shape index (κ2) is 4.26. The zero-order valence-electron chi connectivity index (χ0n) is 10.6. The van der Waals surface area contributed by atoms with E-state index >= 15 is 0 Å². The number of amides is 2. The molecule has 0 aromatic heterocycles. The minimum absolute atomic E-state index is 0.0394. The first-order valence-electron chi connectivity index (χ1n) is 6.14. The fourth-order valence-corrected chi connectivity index (χ4v) is 2.75. The molecule has 18 heavy (non-hydrogen) atoms. The maximum absolute atomic E-state index is 12.3. The standard InChI is InChI=1S/C12H18N2O4/c1-12(2)8(9(12)11(17)18)10(16)14-5-3-4-13-7(15)6-14/h8-9H,3-6H2,1-2H3,(H,13,15)(H,17,18). The van der Waals surface area contributed by atoms with Gasteiger partial charge in [0.25, 0.3) is 0 Å². The molecule has 1 saturated carbocycles. The lowest BCUT2D eigenvalue weighted by molar-refractivity contribution is -0.142. The van der Waals surface area contributed by atoms with Gasteiger partial charge in [-0.3, -0.25) is 14.4 Å². The molecule has 0 aromatic rings. The highest BCUT2D eigenvalue weighted by molar-refractivity contribution is 5.93. The maximum atomic E-state index is 12.3. The highest BCUT2D eigenvalue weighted by Crippen LogP contribution is 2.59. The van der Waals surface area contributed by atoms with Crippen LogP contribution in [-0.4, -0.2) is 47.4 Å². The molecule has 0 radical (unpaired) electrons. The van der Waals surface area contributed by atoms with Crippen molar-refractivity contribution >= 4 is 17.8 Å².